The van der Waals surface area contributed by atoms with Gasteiger partial charge in [-0.3, -0.25) is 4.79 Å². The zero-order valence-corrected chi connectivity index (χ0v) is 10.6. The molecule has 1 aromatic rings. The van der Waals surface area contributed by atoms with Crippen molar-refractivity contribution in [2.24, 2.45) is 11.1 Å². The van der Waals surface area contributed by atoms with E-state index in [1.807, 2.05) is 0 Å². The van der Waals surface area contributed by atoms with E-state index in [1.165, 1.54) is 6.07 Å². The molecule has 5 nitrogen and oxygen atoms in total. The molecule has 1 aromatic carbocycles. The normalized spacial score (nSPS) is 18.8. The summed E-state index contributed by atoms with van der Waals surface area (Å²) in [5.74, 6) is 0.339. The van der Waals surface area contributed by atoms with Crippen molar-refractivity contribution < 1.29 is 13.2 Å². The van der Waals surface area contributed by atoms with Gasteiger partial charge in [0.2, 0.25) is 15.9 Å². The Labute approximate surface area is 106 Å². The summed E-state index contributed by atoms with van der Waals surface area (Å²) in [5.41, 5.74) is 1.72. The number of benzene rings is 1. The minimum absolute atomic E-state index is 0.113. The van der Waals surface area contributed by atoms with E-state index < -0.39 is 10.0 Å². The number of primary sulfonamides is 1. The zero-order valence-electron chi connectivity index (χ0n) is 9.80. The van der Waals surface area contributed by atoms with E-state index in [2.05, 4.69) is 0 Å². The molecule has 1 aliphatic heterocycles. The van der Waals surface area contributed by atoms with E-state index >= 15 is 0 Å². The molecule has 0 spiro atoms. The van der Waals surface area contributed by atoms with Crippen molar-refractivity contribution in [3.05, 3.63) is 23.8 Å². The molecule has 3 rings (SSSR count). The first-order valence-corrected chi connectivity index (χ1v) is 7.48. The number of anilines is 1. The highest BCUT2D eigenvalue weighted by molar-refractivity contribution is 7.89. The number of hydrogen-bond donors (Lipinski definition) is 1. The lowest BCUT2D eigenvalue weighted by molar-refractivity contribution is -0.119. The Kier molecular flexibility index (Phi) is 2.46. The van der Waals surface area contributed by atoms with Gasteiger partial charge >= 0.3 is 0 Å². The van der Waals surface area contributed by atoms with Gasteiger partial charge in [-0.2, -0.15) is 0 Å². The Morgan fingerprint density at radius 1 is 1.33 bits per heavy atom. The van der Waals surface area contributed by atoms with Crippen LogP contribution in [0.15, 0.2) is 23.1 Å². The molecule has 2 aliphatic rings. The summed E-state index contributed by atoms with van der Waals surface area (Å²) in [7, 11) is -3.67. The van der Waals surface area contributed by atoms with Crippen LogP contribution in [0.2, 0.25) is 0 Å². The quantitative estimate of drug-likeness (QED) is 0.852. The Morgan fingerprint density at radius 2 is 2.06 bits per heavy atom. The molecule has 0 saturated heterocycles. The van der Waals surface area contributed by atoms with Crippen LogP contribution in [-0.2, 0) is 21.2 Å². The Balaban J connectivity index is 1.96. The van der Waals surface area contributed by atoms with Gasteiger partial charge in [0.15, 0.2) is 0 Å². The maximum atomic E-state index is 12.0. The number of amides is 1. The van der Waals surface area contributed by atoms with Gasteiger partial charge in [0.05, 0.1) is 4.90 Å². The zero-order chi connectivity index (χ0) is 12.9. The van der Waals surface area contributed by atoms with Gasteiger partial charge in [-0.05, 0) is 43.0 Å². The number of nitrogens with zero attached hydrogens (tertiary/aromatic N) is 1. The number of fused-ring (bicyclic) bond motifs is 1. The van der Waals surface area contributed by atoms with Crippen LogP contribution in [-0.4, -0.2) is 20.9 Å². The van der Waals surface area contributed by atoms with Gasteiger partial charge in [0, 0.05) is 18.2 Å². The number of sulfonamides is 1. The molecular weight excluding hydrogens is 252 g/mol. The van der Waals surface area contributed by atoms with Gasteiger partial charge < -0.3 is 4.90 Å². The van der Waals surface area contributed by atoms with Crippen LogP contribution in [0.25, 0.3) is 0 Å². The van der Waals surface area contributed by atoms with Crippen molar-refractivity contribution in [1.29, 1.82) is 0 Å². The van der Waals surface area contributed by atoms with E-state index in [9.17, 15) is 13.2 Å². The van der Waals surface area contributed by atoms with Crippen molar-refractivity contribution in [1.82, 2.24) is 0 Å². The predicted octanol–water partition coefficient (Wildman–Crippen LogP) is 0.633. The molecule has 0 aromatic heterocycles. The van der Waals surface area contributed by atoms with Crippen LogP contribution in [0, 0.1) is 5.92 Å². The summed E-state index contributed by atoms with van der Waals surface area (Å²) in [4.78, 5) is 13.9. The summed E-state index contributed by atoms with van der Waals surface area (Å²) in [6.45, 7) is 0.638. The van der Waals surface area contributed by atoms with E-state index in [0.717, 1.165) is 24.1 Å². The molecule has 96 valence electrons. The highest BCUT2D eigenvalue weighted by atomic mass is 32.2. The van der Waals surface area contributed by atoms with Crippen molar-refractivity contribution in [2.45, 2.75) is 24.2 Å². The first kappa shape index (κ1) is 11.7. The molecule has 1 fully saturated rings. The third-order valence-electron chi connectivity index (χ3n) is 3.47. The lowest BCUT2D eigenvalue weighted by atomic mass is 10.2. The van der Waals surface area contributed by atoms with Crippen LogP contribution in [0.5, 0.6) is 0 Å². The van der Waals surface area contributed by atoms with Gasteiger partial charge in [0.25, 0.3) is 0 Å². The SMILES string of the molecule is NS(=O)(=O)c1ccc2c(c1)CCN2C(=O)C1CC1. The summed E-state index contributed by atoms with van der Waals surface area (Å²) in [6, 6.07) is 4.72. The average Bonchev–Trinajstić information content (AvgIpc) is 3.06. The van der Waals surface area contributed by atoms with E-state index in [-0.39, 0.29) is 16.7 Å². The second-order valence-electron chi connectivity index (χ2n) is 4.85. The van der Waals surface area contributed by atoms with Crippen LogP contribution in [0.4, 0.5) is 5.69 Å². The van der Waals surface area contributed by atoms with Crippen molar-refractivity contribution >= 4 is 21.6 Å². The van der Waals surface area contributed by atoms with Crippen molar-refractivity contribution in [3.8, 4) is 0 Å². The second kappa shape index (κ2) is 3.80. The highest BCUT2D eigenvalue weighted by Crippen LogP contribution is 2.36. The summed E-state index contributed by atoms with van der Waals surface area (Å²) >= 11 is 0. The van der Waals surface area contributed by atoms with Crippen molar-refractivity contribution in [3.63, 3.8) is 0 Å². The second-order valence-corrected chi connectivity index (χ2v) is 6.41. The molecule has 1 amide bonds. The fourth-order valence-electron chi connectivity index (χ4n) is 2.33. The molecule has 0 bridgehead atoms. The Hall–Kier alpha value is -1.40. The molecule has 1 aliphatic carbocycles. The third-order valence-corrected chi connectivity index (χ3v) is 4.38. The van der Waals surface area contributed by atoms with E-state index in [4.69, 9.17) is 5.14 Å². The molecule has 1 saturated carbocycles. The van der Waals surface area contributed by atoms with Crippen LogP contribution < -0.4 is 10.0 Å². The molecule has 6 heteroatoms. The maximum absolute atomic E-state index is 12.0. The Morgan fingerprint density at radius 3 is 2.67 bits per heavy atom. The van der Waals surface area contributed by atoms with Gasteiger partial charge in [-0.1, -0.05) is 0 Å². The first-order valence-electron chi connectivity index (χ1n) is 5.94. The summed E-state index contributed by atoms with van der Waals surface area (Å²) in [6.07, 6.45) is 2.64. The molecule has 0 atom stereocenters. The predicted molar refractivity (Wildman–Crippen MR) is 66.6 cm³/mol. The maximum Gasteiger partial charge on any atom is 0.238 e. The smallest absolute Gasteiger partial charge is 0.238 e. The molecule has 1 heterocycles. The first-order chi connectivity index (χ1) is 8.47. The lowest BCUT2D eigenvalue weighted by Gasteiger charge is -2.17. The number of hydrogen-bond acceptors (Lipinski definition) is 3. The number of carbonyl (C=O) groups is 1. The van der Waals surface area contributed by atoms with Crippen LogP contribution in [0.3, 0.4) is 0 Å². The van der Waals surface area contributed by atoms with Crippen molar-refractivity contribution in [2.75, 3.05) is 11.4 Å². The van der Waals surface area contributed by atoms with Crippen LogP contribution in [0.1, 0.15) is 18.4 Å². The van der Waals surface area contributed by atoms with Gasteiger partial charge in [-0.25, -0.2) is 13.6 Å². The Bertz CT molecular complexity index is 620. The molecule has 2 N–H and O–H groups in total. The standard InChI is InChI=1S/C12H14N2O3S/c13-18(16,17)10-3-4-11-9(7-10)5-6-14(11)12(15)8-1-2-8/h3-4,7-8H,1-2,5-6H2,(H2,13,16,17). The van der Waals surface area contributed by atoms with Crippen LogP contribution >= 0.6 is 0 Å². The topological polar surface area (TPSA) is 80.5 Å². The molecular formula is C12H14N2O3S. The molecule has 0 unspecified atom stereocenters. The molecule has 0 radical (unpaired) electrons. The number of rotatable bonds is 2. The highest BCUT2D eigenvalue weighted by Gasteiger charge is 2.36. The average molecular weight is 266 g/mol. The number of carbonyl (C=O) groups excluding carboxylic acids is 1. The summed E-state index contributed by atoms with van der Waals surface area (Å²) in [5, 5.41) is 5.10. The lowest BCUT2D eigenvalue weighted by Crippen LogP contribution is -2.30. The fourth-order valence-corrected chi connectivity index (χ4v) is 2.90. The minimum atomic E-state index is -3.67. The molecule has 18 heavy (non-hydrogen) atoms. The third kappa shape index (κ3) is 1.91. The van der Waals surface area contributed by atoms with E-state index in [0.29, 0.717) is 13.0 Å². The monoisotopic (exact) mass is 266 g/mol. The largest absolute Gasteiger partial charge is 0.312 e. The number of nitrogens with two attached hydrogens (primary N) is 1. The van der Waals surface area contributed by atoms with Gasteiger partial charge in [-0.15, -0.1) is 0 Å². The fraction of sp³-hybridized carbons (Fsp3) is 0.417. The minimum Gasteiger partial charge on any atom is -0.312 e. The van der Waals surface area contributed by atoms with Gasteiger partial charge in [0.1, 0.15) is 0 Å². The van der Waals surface area contributed by atoms with E-state index in [1.54, 1.807) is 17.0 Å². The summed E-state index contributed by atoms with van der Waals surface area (Å²) < 4.78 is 22.5.